The Kier molecular flexibility index (Phi) is 6.50. The lowest BCUT2D eigenvalue weighted by Crippen LogP contribution is -2.00. The highest BCUT2D eigenvalue weighted by Gasteiger charge is 2.09. The van der Waals surface area contributed by atoms with Crippen molar-refractivity contribution in [1.82, 2.24) is 0 Å². The molecular weight excluding hydrogens is 360 g/mol. The quantitative estimate of drug-likeness (QED) is 0.440. The van der Waals surface area contributed by atoms with E-state index in [0.29, 0.717) is 5.56 Å². The first-order chi connectivity index (χ1) is 14.1. The second-order valence-corrected chi connectivity index (χ2v) is 6.46. The molecule has 0 N–H and O–H groups in total. The van der Waals surface area contributed by atoms with E-state index in [9.17, 15) is 4.79 Å². The molecule has 0 bridgehead atoms. The molecular formula is C26H22O3. The first kappa shape index (κ1) is 20.0. The van der Waals surface area contributed by atoms with Crippen molar-refractivity contribution in [1.29, 1.82) is 0 Å². The van der Waals surface area contributed by atoms with Crippen LogP contribution in [0.25, 0.3) is 17.2 Å². The van der Waals surface area contributed by atoms with Crippen LogP contribution in [0, 0.1) is 18.8 Å². The maximum atomic E-state index is 11.5. The van der Waals surface area contributed by atoms with Crippen molar-refractivity contribution in [3.8, 4) is 28.7 Å². The number of allylic oxidation sites excluding steroid dienone is 1. The number of carbonyl (C=O) groups is 1. The lowest BCUT2D eigenvalue weighted by molar-refractivity contribution is 0.0600. The fourth-order valence-corrected chi connectivity index (χ4v) is 2.95. The molecule has 3 aromatic carbocycles. The summed E-state index contributed by atoms with van der Waals surface area (Å²) in [7, 11) is 3.04. The van der Waals surface area contributed by atoms with Crippen LogP contribution in [0.1, 0.15) is 27.0 Å². The first-order valence-electron chi connectivity index (χ1n) is 9.23. The van der Waals surface area contributed by atoms with E-state index in [1.807, 2.05) is 30.4 Å². The second-order valence-electron chi connectivity index (χ2n) is 6.46. The molecule has 0 aliphatic rings. The van der Waals surface area contributed by atoms with Gasteiger partial charge in [0.05, 0.1) is 19.8 Å². The Morgan fingerprint density at radius 1 is 0.931 bits per heavy atom. The number of ether oxygens (including phenoxy) is 2. The number of carbonyl (C=O) groups excluding carboxylic acids is 1. The summed E-state index contributed by atoms with van der Waals surface area (Å²) in [6.45, 7) is 2.07. The third-order valence-electron chi connectivity index (χ3n) is 4.49. The first-order valence-corrected chi connectivity index (χ1v) is 9.23. The van der Waals surface area contributed by atoms with Gasteiger partial charge in [-0.05, 0) is 60.5 Å². The van der Waals surface area contributed by atoms with Crippen molar-refractivity contribution in [2.45, 2.75) is 6.92 Å². The summed E-state index contributed by atoms with van der Waals surface area (Å²) in [4.78, 5) is 11.5. The summed E-state index contributed by atoms with van der Waals surface area (Å²) in [5.41, 5.74) is 5.71. The van der Waals surface area contributed by atoms with Crippen molar-refractivity contribution in [2.24, 2.45) is 0 Å². The van der Waals surface area contributed by atoms with Crippen LogP contribution in [-0.2, 0) is 4.74 Å². The highest BCUT2D eigenvalue weighted by atomic mass is 16.5. The molecule has 0 spiro atoms. The van der Waals surface area contributed by atoms with E-state index >= 15 is 0 Å². The molecule has 0 saturated carbocycles. The zero-order valence-corrected chi connectivity index (χ0v) is 16.7. The molecule has 0 heterocycles. The van der Waals surface area contributed by atoms with E-state index in [-0.39, 0.29) is 5.97 Å². The highest BCUT2D eigenvalue weighted by Crippen LogP contribution is 2.34. The van der Waals surface area contributed by atoms with Gasteiger partial charge in [-0.1, -0.05) is 53.8 Å². The number of rotatable bonds is 4. The summed E-state index contributed by atoms with van der Waals surface area (Å²) in [6.07, 6.45) is 3.80. The third kappa shape index (κ3) is 4.94. The molecule has 0 fully saturated rings. The van der Waals surface area contributed by atoms with Gasteiger partial charge in [-0.15, -0.1) is 0 Å². The molecule has 3 aromatic rings. The molecule has 3 heteroatoms. The van der Waals surface area contributed by atoms with Crippen molar-refractivity contribution >= 4 is 12.0 Å². The van der Waals surface area contributed by atoms with E-state index in [0.717, 1.165) is 28.0 Å². The summed E-state index contributed by atoms with van der Waals surface area (Å²) in [6, 6.07) is 21.4. The Morgan fingerprint density at radius 3 is 2.31 bits per heavy atom. The van der Waals surface area contributed by atoms with E-state index in [1.54, 1.807) is 31.4 Å². The third-order valence-corrected chi connectivity index (χ3v) is 4.49. The fourth-order valence-electron chi connectivity index (χ4n) is 2.95. The standard InChI is InChI=1S/C26H22O3/c1-19-11-15-22(16-12-19)25-21(9-6-10-24(25)28-2)8-5-4-7-20-13-17-23(18-14-20)26(27)29-3/h5-6,8-18H,1-3H3/b8-5+. The summed E-state index contributed by atoms with van der Waals surface area (Å²) in [5, 5.41) is 0. The zero-order chi connectivity index (χ0) is 20.6. The minimum atomic E-state index is -0.355. The van der Waals surface area contributed by atoms with Gasteiger partial charge < -0.3 is 9.47 Å². The average molecular weight is 382 g/mol. The predicted octanol–water partition coefficient (Wildman–Crippen LogP) is 5.52. The Bertz CT molecular complexity index is 1080. The fraction of sp³-hybridized carbons (Fsp3) is 0.115. The van der Waals surface area contributed by atoms with E-state index in [1.165, 1.54) is 12.7 Å². The van der Waals surface area contributed by atoms with Gasteiger partial charge in [-0.25, -0.2) is 4.79 Å². The average Bonchev–Trinajstić information content (AvgIpc) is 2.77. The minimum absolute atomic E-state index is 0.355. The predicted molar refractivity (Wildman–Crippen MR) is 117 cm³/mol. The molecule has 0 saturated heterocycles. The van der Waals surface area contributed by atoms with Crippen LogP contribution in [0.3, 0.4) is 0 Å². The molecule has 3 rings (SSSR count). The highest BCUT2D eigenvalue weighted by molar-refractivity contribution is 5.89. The monoisotopic (exact) mass is 382 g/mol. The number of benzene rings is 3. The van der Waals surface area contributed by atoms with Gasteiger partial charge in [0, 0.05) is 11.1 Å². The molecule has 144 valence electrons. The normalized spacial score (nSPS) is 10.3. The van der Waals surface area contributed by atoms with Crippen molar-refractivity contribution in [3.05, 3.63) is 95.1 Å². The molecule has 29 heavy (non-hydrogen) atoms. The number of esters is 1. The largest absolute Gasteiger partial charge is 0.496 e. The van der Waals surface area contributed by atoms with Gasteiger partial charge >= 0.3 is 5.97 Å². The molecule has 0 aliphatic heterocycles. The second kappa shape index (κ2) is 9.43. The number of methoxy groups -OCH3 is 2. The van der Waals surface area contributed by atoms with Crippen LogP contribution in [0.5, 0.6) is 5.75 Å². The lowest BCUT2D eigenvalue weighted by atomic mass is 9.97. The molecule has 0 aromatic heterocycles. The van der Waals surface area contributed by atoms with Crippen molar-refractivity contribution < 1.29 is 14.3 Å². The van der Waals surface area contributed by atoms with Gasteiger partial charge in [-0.2, -0.15) is 0 Å². The summed E-state index contributed by atoms with van der Waals surface area (Å²) >= 11 is 0. The van der Waals surface area contributed by atoms with Crippen LogP contribution < -0.4 is 4.74 Å². The zero-order valence-electron chi connectivity index (χ0n) is 16.7. The molecule has 0 unspecified atom stereocenters. The Hall–Kier alpha value is -3.77. The van der Waals surface area contributed by atoms with Crippen LogP contribution in [0.15, 0.2) is 72.8 Å². The van der Waals surface area contributed by atoms with Crippen LogP contribution in [-0.4, -0.2) is 20.2 Å². The summed E-state index contributed by atoms with van der Waals surface area (Å²) in [5.74, 6) is 6.59. The van der Waals surface area contributed by atoms with Gasteiger partial charge in [0.25, 0.3) is 0 Å². The van der Waals surface area contributed by atoms with Crippen LogP contribution in [0.2, 0.25) is 0 Å². The molecule has 0 radical (unpaired) electrons. The minimum Gasteiger partial charge on any atom is -0.496 e. The lowest BCUT2D eigenvalue weighted by Gasteiger charge is -2.12. The van der Waals surface area contributed by atoms with Crippen molar-refractivity contribution in [3.63, 3.8) is 0 Å². The Labute approximate surface area is 171 Å². The Morgan fingerprint density at radius 2 is 1.66 bits per heavy atom. The molecule has 0 amide bonds. The van der Waals surface area contributed by atoms with Crippen molar-refractivity contribution in [2.75, 3.05) is 14.2 Å². The van der Waals surface area contributed by atoms with E-state index < -0.39 is 0 Å². The SMILES string of the molecule is COC(=O)c1ccc(C#C/C=C/c2cccc(OC)c2-c2ccc(C)cc2)cc1. The topological polar surface area (TPSA) is 35.5 Å². The van der Waals surface area contributed by atoms with Gasteiger partial charge in [0.1, 0.15) is 5.75 Å². The van der Waals surface area contributed by atoms with Crippen LogP contribution in [0.4, 0.5) is 0 Å². The maximum Gasteiger partial charge on any atom is 0.337 e. The van der Waals surface area contributed by atoms with Gasteiger partial charge in [0.2, 0.25) is 0 Å². The van der Waals surface area contributed by atoms with E-state index in [4.69, 9.17) is 9.47 Å². The van der Waals surface area contributed by atoms with Crippen LogP contribution >= 0.6 is 0 Å². The Balaban J connectivity index is 1.86. The number of aryl methyl sites for hydroxylation is 1. The molecule has 3 nitrogen and oxygen atoms in total. The molecule has 0 atom stereocenters. The summed E-state index contributed by atoms with van der Waals surface area (Å²) < 4.78 is 10.3. The number of hydrogen-bond acceptors (Lipinski definition) is 3. The van der Waals surface area contributed by atoms with Gasteiger partial charge in [-0.3, -0.25) is 0 Å². The van der Waals surface area contributed by atoms with E-state index in [2.05, 4.69) is 43.0 Å². The van der Waals surface area contributed by atoms with Gasteiger partial charge in [0.15, 0.2) is 0 Å². The number of hydrogen-bond donors (Lipinski definition) is 0. The smallest absolute Gasteiger partial charge is 0.337 e. The molecule has 0 aliphatic carbocycles. The maximum absolute atomic E-state index is 11.5.